The molecule has 0 bridgehead atoms. The molecule has 0 saturated carbocycles. The van der Waals surface area contributed by atoms with Gasteiger partial charge < -0.3 is 10.6 Å². The molecule has 0 fully saturated rings. The fourth-order valence-corrected chi connectivity index (χ4v) is 1.47. The van der Waals surface area contributed by atoms with E-state index in [0.717, 1.165) is 29.9 Å². The Morgan fingerprint density at radius 3 is 2.88 bits per heavy atom. The van der Waals surface area contributed by atoms with Gasteiger partial charge in [-0.05, 0) is 30.5 Å². The van der Waals surface area contributed by atoms with E-state index in [4.69, 9.17) is 10.6 Å². The zero-order chi connectivity index (χ0) is 11.8. The molecule has 0 aliphatic rings. The van der Waals surface area contributed by atoms with Gasteiger partial charge in [0, 0.05) is 0 Å². The van der Waals surface area contributed by atoms with Crippen LogP contribution in [0.2, 0.25) is 0 Å². The van der Waals surface area contributed by atoms with Crippen molar-refractivity contribution in [2.75, 3.05) is 6.61 Å². The van der Waals surface area contributed by atoms with Crippen LogP contribution in [0.25, 0.3) is 0 Å². The summed E-state index contributed by atoms with van der Waals surface area (Å²) >= 11 is 0. The SMILES string of the molecule is CCCCCOc1cc(C=NN)ccc1C. The fraction of sp³-hybridized carbons (Fsp3) is 0.462. The van der Waals surface area contributed by atoms with E-state index in [1.54, 1.807) is 6.21 Å². The van der Waals surface area contributed by atoms with E-state index < -0.39 is 0 Å². The standard InChI is InChI=1S/C13H20N2O/c1-3-4-5-8-16-13-9-12(10-15-14)7-6-11(13)2/h6-7,9-10H,3-5,8,14H2,1-2H3. The van der Waals surface area contributed by atoms with Crippen LogP contribution in [0.1, 0.15) is 37.3 Å². The Kier molecular flexibility index (Phi) is 5.40. The minimum Gasteiger partial charge on any atom is -0.493 e. The van der Waals surface area contributed by atoms with Crippen LogP contribution in [0.15, 0.2) is 23.3 Å². The van der Waals surface area contributed by atoms with Gasteiger partial charge in [0.15, 0.2) is 0 Å². The molecule has 0 saturated heterocycles. The average molecular weight is 220 g/mol. The Bertz CT molecular complexity index is 348. The Hall–Kier alpha value is -1.51. The van der Waals surface area contributed by atoms with Crippen molar-refractivity contribution in [2.45, 2.75) is 33.1 Å². The van der Waals surface area contributed by atoms with Crippen LogP contribution in [-0.2, 0) is 0 Å². The number of hydrogen-bond donors (Lipinski definition) is 1. The van der Waals surface area contributed by atoms with Crippen molar-refractivity contribution in [1.29, 1.82) is 0 Å². The van der Waals surface area contributed by atoms with Crippen molar-refractivity contribution >= 4 is 6.21 Å². The second kappa shape index (κ2) is 6.88. The van der Waals surface area contributed by atoms with Gasteiger partial charge >= 0.3 is 0 Å². The van der Waals surface area contributed by atoms with E-state index in [1.165, 1.54) is 12.8 Å². The summed E-state index contributed by atoms with van der Waals surface area (Å²) in [5.74, 6) is 6.04. The van der Waals surface area contributed by atoms with Gasteiger partial charge in [-0.3, -0.25) is 0 Å². The molecule has 0 aliphatic carbocycles. The maximum Gasteiger partial charge on any atom is 0.122 e. The molecule has 1 aromatic rings. The molecule has 0 aromatic heterocycles. The molecule has 3 nitrogen and oxygen atoms in total. The van der Waals surface area contributed by atoms with Gasteiger partial charge in [0.2, 0.25) is 0 Å². The van der Waals surface area contributed by atoms with Gasteiger partial charge in [0.1, 0.15) is 5.75 Å². The van der Waals surface area contributed by atoms with Crippen LogP contribution in [0.5, 0.6) is 5.75 Å². The number of unbranched alkanes of at least 4 members (excludes halogenated alkanes) is 2. The number of nitrogens with two attached hydrogens (primary N) is 1. The van der Waals surface area contributed by atoms with Crippen LogP contribution >= 0.6 is 0 Å². The zero-order valence-corrected chi connectivity index (χ0v) is 10.1. The lowest BCUT2D eigenvalue weighted by Crippen LogP contribution is -1.99. The lowest BCUT2D eigenvalue weighted by Gasteiger charge is -2.09. The summed E-state index contributed by atoms with van der Waals surface area (Å²) in [6.07, 6.45) is 5.15. The maximum absolute atomic E-state index is 5.72. The molecule has 1 aromatic carbocycles. The highest BCUT2D eigenvalue weighted by Gasteiger charge is 2.00. The normalized spacial score (nSPS) is 10.9. The van der Waals surface area contributed by atoms with Gasteiger partial charge in [0.25, 0.3) is 0 Å². The number of aryl methyl sites for hydroxylation is 1. The predicted octanol–water partition coefficient (Wildman–Crippen LogP) is 2.86. The highest BCUT2D eigenvalue weighted by atomic mass is 16.5. The van der Waals surface area contributed by atoms with Gasteiger partial charge in [0.05, 0.1) is 12.8 Å². The van der Waals surface area contributed by atoms with E-state index in [9.17, 15) is 0 Å². The van der Waals surface area contributed by atoms with Gasteiger partial charge in [-0.25, -0.2) is 0 Å². The number of nitrogens with zero attached hydrogens (tertiary/aromatic N) is 1. The average Bonchev–Trinajstić information content (AvgIpc) is 2.29. The smallest absolute Gasteiger partial charge is 0.122 e. The van der Waals surface area contributed by atoms with E-state index in [2.05, 4.69) is 12.0 Å². The minimum absolute atomic E-state index is 0.776. The molecule has 0 heterocycles. The maximum atomic E-state index is 5.72. The molecular weight excluding hydrogens is 200 g/mol. The van der Waals surface area contributed by atoms with Gasteiger partial charge in [-0.15, -0.1) is 0 Å². The summed E-state index contributed by atoms with van der Waals surface area (Å²) in [6.45, 7) is 5.00. The fourth-order valence-electron chi connectivity index (χ4n) is 1.47. The number of rotatable bonds is 6. The van der Waals surface area contributed by atoms with Crippen LogP contribution in [0, 0.1) is 6.92 Å². The largest absolute Gasteiger partial charge is 0.493 e. The number of hydrazone groups is 1. The van der Waals surface area contributed by atoms with Crippen molar-refractivity contribution in [2.24, 2.45) is 10.9 Å². The van der Waals surface area contributed by atoms with Crippen LogP contribution in [-0.4, -0.2) is 12.8 Å². The van der Waals surface area contributed by atoms with Crippen LogP contribution in [0.4, 0.5) is 0 Å². The Labute approximate surface area is 97.3 Å². The predicted molar refractivity (Wildman–Crippen MR) is 68.0 cm³/mol. The van der Waals surface area contributed by atoms with E-state index >= 15 is 0 Å². The molecule has 1 rings (SSSR count). The van der Waals surface area contributed by atoms with Crippen molar-refractivity contribution in [1.82, 2.24) is 0 Å². The molecule has 88 valence electrons. The summed E-state index contributed by atoms with van der Waals surface area (Å²) in [5.41, 5.74) is 2.12. The molecule has 0 spiro atoms. The van der Waals surface area contributed by atoms with Crippen molar-refractivity contribution in [3.63, 3.8) is 0 Å². The van der Waals surface area contributed by atoms with Gasteiger partial charge in [-0.2, -0.15) is 5.10 Å². The second-order valence-corrected chi connectivity index (χ2v) is 3.86. The quantitative estimate of drug-likeness (QED) is 0.347. The van der Waals surface area contributed by atoms with Gasteiger partial charge in [-0.1, -0.05) is 31.9 Å². The zero-order valence-electron chi connectivity index (χ0n) is 10.1. The first-order valence-electron chi connectivity index (χ1n) is 5.74. The van der Waals surface area contributed by atoms with E-state index in [1.807, 2.05) is 25.1 Å². The molecule has 16 heavy (non-hydrogen) atoms. The number of benzene rings is 1. The summed E-state index contributed by atoms with van der Waals surface area (Å²) in [7, 11) is 0. The number of ether oxygens (including phenoxy) is 1. The lowest BCUT2D eigenvalue weighted by molar-refractivity contribution is 0.304. The molecular formula is C13H20N2O. The Morgan fingerprint density at radius 2 is 2.19 bits per heavy atom. The Balaban J connectivity index is 2.59. The van der Waals surface area contributed by atoms with E-state index in [-0.39, 0.29) is 0 Å². The van der Waals surface area contributed by atoms with E-state index in [0.29, 0.717) is 0 Å². The third kappa shape index (κ3) is 3.93. The lowest BCUT2D eigenvalue weighted by atomic mass is 10.1. The Morgan fingerprint density at radius 1 is 1.38 bits per heavy atom. The van der Waals surface area contributed by atoms with Crippen LogP contribution in [0.3, 0.4) is 0 Å². The highest BCUT2D eigenvalue weighted by molar-refractivity contribution is 5.80. The highest BCUT2D eigenvalue weighted by Crippen LogP contribution is 2.19. The van der Waals surface area contributed by atoms with Crippen molar-refractivity contribution in [3.05, 3.63) is 29.3 Å². The summed E-state index contributed by atoms with van der Waals surface area (Å²) in [5, 5.41) is 3.51. The molecule has 0 amide bonds. The molecule has 0 aliphatic heterocycles. The topological polar surface area (TPSA) is 47.6 Å². The van der Waals surface area contributed by atoms with Crippen molar-refractivity contribution < 1.29 is 4.74 Å². The third-order valence-electron chi connectivity index (χ3n) is 2.44. The van der Waals surface area contributed by atoms with Crippen molar-refractivity contribution in [3.8, 4) is 5.75 Å². The van der Waals surface area contributed by atoms with Crippen LogP contribution < -0.4 is 10.6 Å². The first kappa shape index (κ1) is 12.6. The molecule has 3 heteroatoms. The molecule has 0 radical (unpaired) electrons. The first-order valence-corrected chi connectivity index (χ1v) is 5.74. The summed E-state index contributed by atoms with van der Waals surface area (Å²) in [4.78, 5) is 0. The second-order valence-electron chi connectivity index (χ2n) is 3.86. The monoisotopic (exact) mass is 220 g/mol. The molecule has 0 unspecified atom stereocenters. The minimum atomic E-state index is 0.776. The first-order chi connectivity index (χ1) is 7.77. The summed E-state index contributed by atoms with van der Waals surface area (Å²) < 4.78 is 5.72. The molecule has 0 atom stereocenters. The molecule has 2 N–H and O–H groups in total. The summed E-state index contributed by atoms with van der Waals surface area (Å²) in [6, 6.07) is 5.97. The third-order valence-corrected chi connectivity index (χ3v) is 2.44. The number of hydrogen-bond acceptors (Lipinski definition) is 3.